The number of hydrogen-bond acceptors (Lipinski definition) is 15. The van der Waals surface area contributed by atoms with E-state index >= 15 is 0 Å². The number of benzene rings is 10. The number of carbonyl (C=O) groups is 8. The van der Waals surface area contributed by atoms with Gasteiger partial charge in [0.25, 0.3) is 19.2 Å². The first kappa shape index (κ1) is 85.6. The van der Waals surface area contributed by atoms with Gasteiger partial charge in [0, 0.05) is 40.3 Å². The summed E-state index contributed by atoms with van der Waals surface area (Å²) in [5, 5.41) is 32.4. The van der Waals surface area contributed by atoms with Gasteiger partial charge >= 0.3 is 0 Å². The highest BCUT2D eigenvalue weighted by atomic mass is 79.9. The predicted octanol–water partition coefficient (Wildman–Crippen LogP) is 9.35. The smallest absolute Gasteiger partial charge is 0.269 e. The van der Waals surface area contributed by atoms with Crippen molar-refractivity contribution in [3.05, 3.63) is 222 Å². The number of fused-ring (bicyclic) bond motifs is 5. The van der Waals surface area contributed by atoms with E-state index in [0.29, 0.717) is 92.9 Å². The van der Waals surface area contributed by atoms with Gasteiger partial charge in [0.1, 0.15) is 17.2 Å². The number of likely N-dealkylation sites (N-methyl/N-ethyl adjacent to an activating group) is 2. The van der Waals surface area contributed by atoms with Gasteiger partial charge in [-0.25, -0.2) is 0 Å². The molecule has 25 heteroatoms. The number of carbonyl (C=O) groups excluding carboxylic acids is 8. The van der Waals surface area contributed by atoms with Crippen LogP contribution in [0.2, 0.25) is 0 Å². The zero-order valence-electron chi connectivity index (χ0n) is 60.5. The molecule has 0 fully saturated rings. The molecule has 0 unspecified atom stereocenters. The van der Waals surface area contributed by atoms with E-state index in [0.717, 1.165) is 70.0 Å². The van der Waals surface area contributed by atoms with Crippen molar-refractivity contribution in [2.45, 2.75) is 59.0 Å². The van der Waals surface area contributed by atoms with E-state index in [9.17, 15) is 38.4 Å². The molecule has 8 amide bonds. The monoisotopic (exact) mass is 1520 g/mol. The molecular weight excluding hydrogens is 1420 g/mol. The molecule has 0 aromatic heterocycles. The van der Waals surface area contributed by atoms with E-state index in [1.807, 2.05) is 127 Å². The second-order valence-corrected chi connectivity index (χ2v) is 23.9. The maximum absolute atomic E-state index is 12.6. The Kier molecular flexibility index (Phi) is 39.4. The maximum Gasteiger partial charge on any atom is 0.269 e. The minimum Gasteiger partial charge on any atom is -0.493 e. The van der Waals surface area contributed by atoms with Crippen LogP contribution >= 0.6 is 15.9 Å². The third-order valence-corrected chi connectivity index (χ3v) is 16.4. The van der Waals surface area contributed by atoms with E-state index in [4.69, 9.17) is 36.1 Å². The number of ether oxygens (including phenoxy) is 3. The average Bonchev–Trinajstić information content (AvgIpc) is 0.837. The van der Waals surface area contributed by atoms with E-state index in [1.165, 1.54) is 48.3 Å². The molecule has 0 atom stereocenters. The highest BCUT2D eigenvalue weighted by molar-refractivity contribution is 9.09. The standard InChI is InChI=1S/C30H32N4O4.C20H24BrN3O4.C18H23N3O3.C11H11N.CH5N.CH4.FH/c31-28(35)19-34-30(37)26-16-22-9-1-2-10-23(22)17-27(26)38-15-6-5-14-33-29(36)20-32-18-24-12-7-11-21-8-3-4-13-25(21)24;1-22-19(26)13-24-20(27)16-10-14-6-2-3-7-15(14)11-17(16)28-9-5-4-8-23-18(25)12-21;1-20-17(22)12-21-18(23)15-10-13-6-2-3-7-14(13)11-16(15)24-9-5-4-8-19;12-8-10-6-3-5-9-4-1-2-7-11(9)10;1-2;;/h1-4,7-13,16-17,32H,5-6,14-15,18-20H2,(H2,31,35)(H,33,36)(H,34,37);2-3,6-7,10-11H,4-5,8-9,12-13H2,1H3,(H,22,26)(H,23,25)(H,24,27);2-3,6-7,10-11H,4-5,8-9,12,19H2,1H3,(H,20,22)(H,21,23);1-7H,8,12H2;2H2,1H3;1H4;1H/i/hT. The van der Waals surface area contributed by atoms with Crippen LogP contribution in [0, 0.1) is 0 Å². The Morgan fingerprint density at radius 2 is 0.745 bits per heavy atom. The van der Waals surface area contributed by atoms with Gasteiger partial charge in [-0.2, -0.15) is 0 Å². The minimum atomic E-state index is -0.618. The fourth-order valence-electron chi connectivity index (χ4n) is 10.5. The zero-order chi connectivity index (χ0) is 76.9. The highest BCUT2D eigenvalue weighted by Gasteiger charge is 2.19. The number of alkyl halides is 1. The number of unbranched alkanes of at least 4 members (excludes halogenated alkanes) is 3. The van der Waals surface area contributed by atoms with Crippen LogP contribution in [0.5, 0.6) is 17.2 Å². The van der Waals surface area contributed by atoms with Crippen molar-refractivity contribution in [1.82, 2.24) is 42.5 Å². The van der Waals surface area contributed by atoms with Crippen LogP contribution < -0.4 is 79.7 Å². The van der Waals surface area contributed by atoms with Crippen molar-refractivity contribution < 1.29 is 57.3 Å². The van der Waals surface area contributed by atoms with Crippen LogP contribution in [0.4, 0.5) is 4.72 Å². The van der Waals surface area contributed by atoms with Crippen molar-refractivity contribution >= 4 is 117 Å². The van der Waals surface area contributed by atoms with E-state index in [-0.39, 0.29) is 74.4 Å². The Balaban J connectivity index is 0.000000312. The van der Waals surface area contributed by atoms with Crippen LogP contribution in [-0.2, 0) is 37.1 Å². The SMILES string of the molecule is C.CN.CNC(=O)CNC(=O)c1cc2ccccc2cc1OCCCCN.CNC(=O)CNC(=O)c1cc2ccccc2cc1OCCCCNC(=O)CBr.NC(=O)CNC(=O)c1cc2ccccc2cc1OCCCCNC(=O)CNCc1cccc2ccccc12.NCc1cccc2ccccc12.[3H]F. The summed E-state index contributed by atoms with van der Waals surface area (Å²) in [4.78, 5) is 94.8. The predicted molar refractivity (Wildman–Crippen MR) is 426 cm³/mol. The summed E-state index contributed by atoms with van der Waals surface area (Å²) in [5.41, 5.74) is 24.3. The number of amides is 8. The van der Waals surface area contributed by atoms with Crippen LogP contribution in [0.25, 0.3) is 53.9 Å². The van der Waals surface area contributed by atoms with Crippen LogP contribution in [-0.4, -0.2) is 141 Å². The van der Waals surface area contributed by atoms with Gasteiger partial charge in [-0.3, -0.25) is 43.1 Å². The number of nitrogens with two attached hydrogens (primary N) is 4. The van der Waals surface area contributed by atoms with Crippen molar-refractivity contribution in [3.63, 3.8) is 0 Å². The molecule has 0 saturated carbocycles. The molecular formula is C81H100BrFN12O11. The van der Waals surface area contributed by atoms with Crippen LogP contribution in [0.15, 0.2) is 194 Å². The largest absolute Gasteiger partial charge is 0.493 e. The highest BCUT2D eigenvalue weighted by Crippen LogP contribution is 2.30. The van der Waals surface area contributed by atoms with Gasteiger partial charge in [-0.05, 0) is 154 Å². The molecule has 0 saturated heterocycles. The number of primary amides is 1. The normalized spacial score (nSPS) is 10.3. The molecule has 10 aromatic carbocycles. The summed E-state index contributed by atoms with van der Waals surface area (Å²) in [6, 6.07) is 62.8. The van der Waals surface area contributed by atoms with E-state index in [1.54, 1.807) is 18.2 Å². The van der Waals surface area contributed by atoms with Gasteiger partial charge in [0.15, 0.2) is 0 Å². The lowest BCUT2D eigenvalue weighted by Gasteiger charge is -2.13. The summed E-state index contributed by atoms with van der Waals surface area (Å²) in [7, 11) is 4.54. The lowest BCUT2D eigenvalue weighted by atomic mass is 10.0. The first-order valence-corrected chi connectivity index (χ1v) is 35.5. The lowest BCUT2D eigenvalue weighted by Crippen LogP contribution is -2.35. The number of halogens is 2. The Hall–Kier alpha value is -11.1. The molecule has 0 aliphatic rings. The molecule has 0 radical (unpaired) electrons. The summed E-state index contributed by atoms with van der Waals surface area (Å²) in [5.74, 6) is -0.964. The van der Waals surface area contributed by atoms with Crippen molar-refractivity contribution in [1.29, 1.82) is 1.45 Å². The summed E-state index contributed by atoms with van der Waals surface area (Å²) in [6.07, 6.45) is 4.61. The second-order valence-electron chi connectivity index (χ2n) is 23.3. The molecule has 0 aliphatic heterocycles. The first-order chi connectivity index (χ1) is 51.6. The van der Waals surface area contributed by atoms with Gasteiger partial charge in [0.2, 0.25) is 29.5 Å². The molecule has 0 bridgehead atoms. The Morgan fingerprint density at radius 1 is 0.406 bits per heavy atom. The number of hydrogen-bond donors (Lipinski definition) is 12. The van der Waals surface area contributed by atoms with Crippen molar-refractivity contribution in [2.24, 2.45) is 22.9 Å². The summed E-state index contributed by atoms with van der Waals surface area (Å²) < 4.78 is 30.6. The van der Waals surface area contributed by atoms with Crippen LogP contribution in [0.1, 0.15) is 88.2 Å². The number of nitrogens with one attached hydrogen (secondary N) is 8. The third-order valence-electron chi connectivity index (χ3n) is 15.9. The maximum atomic E-state index is 12.6. The Bertz CT molecular complexity index is 4470. The van der Waals surface area contributed by atoms with Gasteiger partial charge < -0.3 is 79.7 Å². The molecule has 10 aromatic rings. The Labute approximate surface area is 628 Å². The molecule has 23 nitrogen and oxygen atoms in total. The van der Waals surface area contributed by atoms with Crippen molar-refractivity contribution in [2.75, 3.05) is 92.1 Å². The van der Waals surface area contributed by atoms with Crippen LogP contribution in [0.3, 0.4) is 0 Å². The minimum absolute atomic E-state index is 0. The third kappa shape index (κ3) is 28.9. The molecule has 0 heterocycles. The second kappa shape index (κ2) is 48.8. The van der Waals surface area contributed by atoms with Gasteiger partial charge in [0.05, 0.1) is 68.0 Å². The molecule has 564 valence electrons. The quantitative estimate of drug-likeness (QED) is 0.0138. The zero-order valence-corrected chi connectivity index (χ0v) is 61.1. The Morgan fingerprint density at radius 3 is 1.12 bits per heavy atom. The van der Waals surface area contributed by atoms with E-state index in [2.05, 4.69) is 114 Å². The van der Waals surface area contributed by atoms with Crippen molar-refractivity contribution in [3.8, 4) is 17.2 Å². The fraction of sp³-hybridized carbons (Fsp3) is 0.284. The number of rotatable bonds is 32. The topological polar surface area (TPSA) is 365 Å². The van der Waals surface area contributed by atoms with Gasteiger partial charge in [-0.1, -0.05) is 181 Å². The molecule has 10 rings (SSSR count). The molecule has 16 N–H and O–H groups in total. The van der Waals surface area contributed by atoms with E-state index < -0.39 is 11.8 Å². The van der Waals surface area contributed by atoms with Gasteiger partial charge in [-0.15, -0.1) is 0 Å². The lowest BCUT2D eigenvalue weighted by molar-refractivity contribution is -0.120. The average molecular weight is 1520 g/mol. The first-order valence-electron chi connectivity index (χ1n) is 34.7. The summed E-state index contributed by atoms with van der Waals surface area (Å²) >= 11 is 3.10. The fourth-order valence-corrected chi connectivity index (χ4v) is 10.7. The molecule has 0 aliphatic carbocycles. The molecule has 106 heavy (non-hydrogen) atoms. The summed E-state index contributed by atoms with van der Waals surface area (Å²) in [6.45, 7) is 4.04. The molecule has 0 spiro atoms.